The fraction of sp³-hybridized carbons (Fsp3) is 0.346. The number of aromatic hydroxyl groups is 1. The van der Waals surface area contributed by atoms with Crippen molar-refractivity contribution in [3.05, 3.63) is 58.2 Å². The Kier molecular flexibility index (Phi) is 7.05. The highest BCUT2D eigenvalue weighted by Gasteiger charge is 2.33. The number of para-hydroxylation sites is 1. The van der Waals surface area contributed by atoms with E-state index >= 15 is 0 Å². The number of aromatic nitrogens is 2. The minimum atomic E-state index is -3.80. The lowest BCUT2D eigenvalue weighted by molar-refractivity contribution is 0.477. The van der Waals surface area contributed by atoms with E-state index in [0.717, 1.165) is 19.4 Å². The van der Waals surface area contributed by atoms with Crippen molar-refractivity contribution >= 4 is 44.3 Å². The number of fused-ring (bicyclic) bond motifs is 4. The summed E-state index contributed by atoms with van der Waals surface area (Å²) >= 11 is 0. The molecule has 6 N–H and O–H groups in total. The van der Waals surface area contributed by atoms with Crippen molar-refractivity contribution in [3.63, 3.8) is 0 Å². The maximum atomic E-state index is 13.6. The van der Waals surface area contributed by atoms with Crippen molar-refractivity contribution < 1.29 is 18.6 Å². The Morgan fingerprint density at radius 2 is 1.97 bits per heavy atom. The lowest BCUT2D eigenvalue weighted by Gasteiger charge is -2.34. The van der Waals surface area contributed by atoms with E-state index in [1.807, 2.05) is 13.8 Å². The zero-order valence-corrected chi connectivity index (χ0v) is 22.3. The van der Waals surface area contributed by atoms with Gasteiger partial charge in [-0.15, -0.1) is 4.40 Å². The summed E-state index contributed by atoms with van der Waals surface area (Å²) in [7, 11) is -3.80. The number of nitrogens with zero attached hydrogens (tertiary/aromatic N) is 3. The summed E-state index contributed by atoms with van der Waals surface area (Å²) in [6.07, 6.45) is 2.08. The second kappa shape index (κ2) is 10.3. The smallest absolute Gasteiger partial charge is 0.284 e. The first-order valence-corrected chi connectivity index (χ1v) is 14.1. The number of amidine groups is 1. The lowest BCUT2D eigenvalue weighted by atomic mass is 10.1. The third-order valence-electron chi connectivity index (χ3n) is 6.24. The molecule has 202 valence electrons. The van der Waals surface area contributed by atoms with Gasteiger partial charge in [0.1, 0.15) is 21.7 Å². The van der Waals surface area contributed by atoms with Crippen LogP contribution in [0.4, 0.5) is 5.69 Å². The first-order chi connectivity index (χ1) is 18.2. The third-order valence-corrected chi connectivity index (χ3v) is 7.63. The molecule has 0 radical (unpaired) electrons. The monoisotopic (exact) mass is 540 g/mol. The summed E-state index contributed by atoms with van der Waals surface area (Å²) in [5, 5.41) is 17.8. The van der Waals surface area contributed by atoms with E-state index in [0.29, 0.717) is 41.2 Å². The van der Waals surface area contributed by atoms with Crippen LogP contribution in [0.3, 0.4) is 0 Å². The van der Waals surface area contributed by atoms with Crippen molar-refractivity contribution in [1.82, 2.24) is 15.0 Å². The van der Waals surface area contributed by atoms with Crippen LogP contribution >= 0.6 is 10.8 Å². The molecule has 5 rings (SSSR count). The molecule has 0 fully saturated rings. The number of nitrogens with one attached hydrogen (secondary N) is 3. The van der Waals surface area contributed by atoms with Crippen LogP contribution in [0.5, 0.6) is 5.75 Å². The average Bonchev–Trinajstić information content (AvgIpc) is 3.28. The Balaban J connectivity index is 1.59. The van der Waals surface area contributed by atoms with Crippen molar-refractivity contribution in [3.8, 4) is 5.75 Å². The van der Waals surface area contributed by atoms with Crippen molar-refractivity contribution in [2.45, 2.75) is 45.1 Å². The van der Waals surface area contributed by atoms with E-state index in [1.54, 1.807) is 36.4 Å². The van der Waals surface area contributed by atoms with Gasteiger partial charge in [-0.1, -0.05) is 50.1 Å². The fourth-order valence-electron chi connectivity index (χ4n) is 4.37. The van der Waals surface area contributed by atoms with Gasteiger partial charge in [-0.3, -0.25) is 13.9 Å². The Morgan fingerprint density at radius 1 is 1.18 bits per heavy atom. The molecule has 0 atom stereocenters. The lowest BCUT2D eigenvalue weighted by Crippen LogP contribution is -2.37. The van der Waals surface area contributed by atoms with E-state index < -0.39 is 16.3 Å². The Morgan fingerprint density at radius 3 is 2.74 bits per heavy atom. The van der Waals surface area contributed by atoms with Gasteiger partial charge in [0, 0.05) is 11.9 Å². The molecule has 1 aliphatic heterocycles. The highest BCUT2D eigenvalue weighted by atomic mass is 32.3. The molecule has 38 heavy (non-hydrogen) atoms. The normalized spacial score (nSPS) is 15.4. The highest BCUT2D eigenvalue weighted by molar-refractivity contribution is 8.23. The largest absolute Gasteiger partial charge is 0.506 e. The van der Waals surface area contributed by atoms with E-state index in [9.17, 15) is 19.0 Å². The molecule has 2 aromatic carbocycles. The number of rotatable bonds is 9. The number of oxazole rings is 1. The van der Waals surface area contributed by atoms with Crippen molar-refractivity contribution in [1.29, 1.82) is 0 Å². The minimum absolute atomic E-state index is 0.0841. The molecular formula is C26H32N6O5S. The Hall–Kier alpha value is -3.58. The molecular weight excluding hydrogens is 508 g/mol. The molecule has 0 bridgehead atoms. The standard InChI is InChI=1S/C26H32N6O5S/c1-4-5-12-27-14-20-30-22-19(37-20)11-10-17-24(22)38(35,36)31-25(29-17)21-23(33)16-8-6-7-9-18(16)32(26(21)34)28-13-15(2)3/h6-11,15,27-28,33,35-36H,4-5,12-14H2,1-3H3,(H,29,31). The molecule has 0 amide bonds. The number of anilines is 1. The summed E-state index contributed by atoms with van der Waals surface area (Å²) in [6, 6.07) is 10.2. The van der Waals surface area contributed by atoms with Gasteiger partial charge in [0.15, 0.2) is 11.4 Å². The van der Waals surface area contributed by atoms with Gasteiger partial charge in [0.2, 0.25) is 5.89 Å². The van der Waals surface area contributed by atoms with Gasteiger partial charge in [-0.05, 0) is 43.1 Å². The van der Waals surface area contributed by atoms with Crippen molar-refractivity contribution in [2.24, 2.45) is 10.3 Å². The molecule has 11 nitrogen and oxygen atoms in total. The molecule has 3 heterocycles. The maximum absolute atomic E-state index is 13.6. The predicted octanol–water partition coefficient (Wildman–Crippen LogP) is 4.83. The number of hydrogen-bond donors (Lipinski definition) is 6. The summed E-state index contributed by atoms with van der Waals surface area (Å²) in [6.45, 7) is 7.85. The molecule has 0 unspecified atom stereocenters. The second-order valence-electron chi connectivity index (χ2n) is 9.65. The number of unbranched alkanes of at least 4 members (excludes halogenated alkanes) is 1. The molecule has 12 heteroatoms. The summed E-state index contributed by atoms with van der Waals surface area (Å²) in [4.78, 5) is 18.2. The molecule has 0 saturated carbocycles. The Labute approximate surface area is 221 Å². The fourth-order valence-corrected chi connectivity index (χ4v) is 5.67. The highest BCUT2D eigenvalue weighted by Crippen LogP contribution is 2.58. The van der Waals surface area contributed by atoms with Crippen LogP contribution in [0.2, 0.25) is 0 Å². The first kappa shape index (κ1) is 26.0. The van der Waals surface area contributed by atoms with E-state index in [2.05, 4.69) is 32.4 Å². The van der Waals surface area contributed by atoms with Crippen LogP contribution in [-0.2, 0) is 6.54 Å². The van der Waals surface area contributed by atoms with Gasteiger partial charge < -0.3 is 25.6 Å². The third kappa shape index (κ3) is 4.71. The maximum Gasteiger partial charge on any atom is 0.284 e. The van der Waals surface area contributed by atoms with E-state index in [-0.39, 0.29) is 33.5 Å². The minimum Gasteiger partial charge on any atom is -0.506 e. The van der Waals surface area contributed by atoms with Crippen LogP contribution in [0.25, 0.3) is 22.0 Å². The SMILES string of the molecule is CCCCNCc1nc2c3c(ccc2o1)NC(c1c(O)c2ccccc2n(NCC(C)C)c1=O)=NS3(O)O. The number of benzene rings is 2. The summed E-state index contributed by atoms with van der Waals surface area (Å²) < 4.78 is 33.6. The second-order valence-corrected chi connectivity index (χ2v) is 11.3. The van der Waals surface area contributed by atoms with Gasteiger partial charge in [-0.2, -0.15) is 0 Å². The van der Waals surface area contributed by atoms with E-state index in [4.69, 9.17) is 4.42 Å². The van der Waals surface area contributed by atoms with E-state index in [1.165, 1.54) is 4.68 Å². The van der Waals surface area contributed by atoms with Gasteiger partial charge in [0.05, 0.1) is 17.7 Å². The molecule has 0 aliphatic carbocycles. The van der Waals surface area contributed by atoms with Gasteiger partial charge >= 0.3 is 0 Å². The number of hydrogen-bond acceptors (Lipinski definition) is 10. The summed E-state index contributed by atoms with van der Waals surface area (Å²) in [5.74, 6) is 0.218. The zero-order chi connectivity index (χ0) is 27.0. The Bertz CT molecular complexity index is 1590. The van der Waals surface area contributed by atoms with Crippen LogP contribution in [-0.4, -0.2) is 42.8 Å². The predicted molar refractivity (Wildman–Crippen MR) is 151 cm³/mol. The van der Waals surface area contributed by atoms with Gasteiger partial charge in [-0.25, -0.2) is 9.66 Å². The molecule has 4 aromatic rings. The van der Waals surface area contributed by atoms with Crippen LogP contribution in [0, 0.1) is 5.92 Å². The molecule has 2 aromatic heterocycles. The molecule has 0 saturated heterocycles. The number of pyridine rings is 1. The van der Waals surface area contributed by atoms with Crippen LogP contribution < -0.4 is 21.6 Å². The van der Waals surface area contributed by atoms with Gasteiger partial charge in [0.25, 0.3) is 5.56 Å². The first-order valence-electron chi connectivity index (χ1n) is 12.6. The quantitative estimate of drug-likeness (QED) is 0.164. The topological polar surface area (TPSA) is 157 Å². The summed E-state index contributed by atoms with van der Waals surface area (Å²) in [5.41, 5.74) is 3.85. The van der Waals surface area contributed by atoms with Crippen LogP contribution in [0.1, 0.15) is 45.1 Å². The average molecular weight is 541 g/mol. The zero-order valence-electron chi connectivity index (χ0n) is 21.5. The molecule has 0 spiro atoms. The van der Waals surface area contributed by atoms with Crippen molar-refractivity contribution in [2.75, 3.05) is 23.8 Å². The van der Waals surface area contributed by atoms with Crippen LogP contribution in [0.15, 0.2) is 54.9 Å². The molecule has 1 aliphatic rings.